The molecule has 0 heterocycles. The molecule has 0 aliphatic rings. The Hall–Kier alpha value is -3.14. The summed E-state index contributed by atoms with van der Waals surface area (Å²) in [6.07, 6.45) is 0.713. The Balaban J connectivity index is 1.64. The van der Waals surface area contributed by atoms with Gasteiger partial charge in [0.1, 0.15) is 11.6 Å². The molecule has 0 radical (unpaired) electrons. The van der Waals surface area contributed by atoms with E-state index in [1.165, 1.54) is 6.07 Å². The fourth-order valence-corrected chi connectivity index (χ4v) is 2.67. The van der Waals surface area contributed by atoms with Crippen LogP contribution >= 0.6 is 0 Å². The van der Waals surface area contributed by atoms with E-state index in [0.717, 1.165) is 16.7 Å². The normalized spacial score (nSPS) is 10.4. The van der Waals surface area contributed by atoms with E-state index in [0.29, 0.717) is 12.2 Å². The van der Waals surface area contributed by atoms with Crippen LogP contribution in [0.1, 0.15) is 16.7 Å². The number of halogens is 1. The molecule has 4 heteroatoms. The van der Waals surface area contributed by atoms with Gasteiger partial charge < -0.3 is 10.1 Å². The predicted molar refractivity (Wildman–Crippen MR) is 101 cm³/mol. The van der Waals surface area contributed by atoms with Gasteiger partial charge in [0.05, 0.1) is 5.69 Å². The predicted octanol–water partition coefficient (Wildman–Crippen LogP) is 4.74. The molecule has 0 atom stereocenters. The first-order valence-corrected chi connectivity index (χ1v) is 8.42. The molecule has 3 aromatic carbocycles. The van der Waals surface area contributed by atoms with E-state index in [4.69, 9.17) is 4.74 Å². The average Bonchev–Trinajstić information content (AvgIpc) is 2.65. The van der Waals surface area contributed by atoms with E-state index in [1.807, 2.05) is 61.5 Å². The molecule has 26 heavy (non-hydrogen) atoms. The Labute approximate surface area is 152 Å². The molecule has 3 aromatic rings. The molecule has 0 saturated carbocycles. The minimum absolute atomic E-state index is 0.163. The second kappa shape index (κ2) is 8.30. The number of hydrogen-bond acceptors (Lipinski definition) is 2. The molecule has 1 N–H and O–H groups in total. The van der Waals surface area contributed by atoms with Gasteiger partial charge in [0.2, 0.25) is 0 Å². The zero-order valence-electron chi connectivity index (χ0n) is 14.5. The van der Waals surface area contributed by atoms with Gasteiger partial charge in [0.25, 0.3) is 5.91 Å². The Bertz CT molecular complexity index is 894. The molecule has 132 valence electrons. The third kappa shape index (κ3) is 4.70. The summed E-state index contributed by atoms with van der Waals surface area (Å²) in [5, 5.41) is 2.55. The van der Waals surface area contributed by atoms with E-state index in [1.54, 1.807) is 12.1 Å². The van der Waals surface area contributed by atoms with Gasteiger partial charge in [0, 0.05) is 6.42 Å². The van der Waals surface area contributed by atoms with Crippen LogP contribution in [-0.2, 0) is 11.2 Å². The number of benzene rings is 3. The van der Waals surface area contributed by atoms with E-state index >= 15 is 0 Å². The van der Waals surface area contributed by atoms with Gasteiger partial charge >= 0.3 is 0 Å². The number of amides is 1. The second-order valence-electron chi connectivity index (χ2n) is 6.09. The minimum Gasteiger partial charge on any atom is -0.483 e. The fraction of sp³-hybridized carbons (Fsp3) is 0.136. The first kappa shape index (κ1) is 17.7. The number of anilines is 1. The largest absolute Gasteiger partial charge is 0.483 e. The molecule has 0 aliphatic heterocycles. The minimum atomic E-state index is -0.464. The van der Waals surface area contributed by atoms with Crippen molar-refractivity contribution >= 4 is 11.6 Å². The third-order valence-electron chi connectivity index (χ3n) is 3.96. The lowest BCUT2D eigenvalue weighted by molar-refractivity contribution is -0.118. The molecular weight excluding hydrogens is 329 g/mol. The summed E-state index contributed by atoms with van der Waals surface area (Å²) < 4.78 is 19.4. The summed E-state index contributed by atoms with van der Waals surface area (Å²) in [6, 6.07) is 22.2. The van der Waals surface area contributed by atoms with Crippen LogP contribution in [0.5, 0.6) is 5.75 Å². The molecule has 1 amide bonds. The molecule has 0 saturated heterocycles. The summed E-state index contributed by atoms with van der Waals surface area (Å²) in [6.45, 7) is 1.66. The van der Waals surface area contributed by atoms with Crippen molar-refractivity contribution in [2.24, 2.45) is 0 Å². The maximum Gasteiger partial charge on any atom is 0.262 e. The highest BCUT2D eigenvalue weighted by Crippen LogP contribution is 2.22. The highest BCUT2D eigenvalue weighted by molar-refractivity contribution is 5.92. The number of carbonyl (C=O) groups excluding carboxylic acids is 1. The van der Waals surface area contributed by atoms with Crippen LogP contribution in [0.2, 0.25) is 0 Å². The molecule has 0 bridgehead atoms. The van der Waals surface area contributed by atoms with Crippen molar-refractivity contribution in [1.82, 2.24) is 0 Å². The highest BCUT2D eigenvalue weighted by Gasteiger charge is 2.10. The quantitative estimate of drug-likeness (QED) is 0.698. The average molecular weight is 349 g/mol. The van der Waals surface area contributed by atoms with Crippen LogP contribution in [0.3, 0.4) is 0 Å². The highest BCUT2D eigenvalue weighted by atomic mass is 19.1. The van der Waals surface area contributed by atoms with Crippen LogP contribution in [0, 0.1) is 12.7 Å². The lowest BCUT2D eigenvalue weighted by Gasteiger charge is -2.12. The van der Waals surface area contributed by atoms with Crippen molar-refractivity contribution in [1.29, 1.82) is 0 Å². The third-order valence-corrected chi connectivity index (χ3v) is 3.96. The van der Waals surface area contributed by atoms with E-state index in [9.17, 15) is 9.18 Å². The Morgan fingerprint density at radius 2 is 1.73 bits per heavy atom. The molecule has 0 aromatic heterocycles. The van der Waals surface area contributed by atoms with Crippen LogP contribution in [0.4, 0.5) is 10.1 Å². The number of rotatable bonds is 6. The van der Waals surface area contributed by atoms with Gasteiger partial charge in [-0.1, -0.05) is 54.6 Å². The van der Waals surface area contributed by atoms with E-state index in [-0.39, 0.29) is 12.3 Å². The number of nitrogens with one attached hydrogen (secondary N) is 1. The van der Waals surface area contributed by atoms with Crippen molar-refractivity contribution in [3.63, 3.8) is 0 Å². The first-order valence-electron chi connectivity index (χ1n) is 8.42. The van der Waals surface area contributed by atoms with Gasteiger partial charge in [-0.3, -0.25) is 4.79 Å². The Morgan fingerprint density at radius 3 is 2.54 bits per heavy atom. The lowest BCUT2D eigenvalue weighted by Crippen LogP contribution is -2.21. The van der Waals surface area contributed by atoms with Gasteiger partial charge in [-0.2, -0.15) is 0 Å². The summed E-state index contributed by atoms with van der Waals surface area (Å²) >= 11 is 0. The van der Waals surface area contributed by atoms with Gasteiger partial charge in [-0.15, -0.1) is 0 Å². The summed E-state index contributed by atoms with van der Waals surface area (Å²) in [5.74, 6) is -0.214. The lowest BCUT2D eigenvalue weighted by atomic mass is 10.0. The molecule has 0 fully saturated rings. The van der Waals surface area contributed by atoms with Crippen molar-refractivity contribution in [3.05, 3.63) is 95.3 Å². The maximum atomic E-state index is 13.7. The molecule has 3 nitrogen and oxygen atoms in total. The first-order chi connectivity index (χ1) is 12.6. The summed E-state index contributed by atoms with van der Waals surface area (Å²) in [5.41, 5.74) is 3.19. The molecule has 0 unspecified atom stereocenters. The van der Waals surface area contributed by atoms with E-state index < -0.39 is 11.7 Å². The fourth-order valence-electron chi connectivity index (χ4n) is 2.67. The van der Waals surface area contributed by atoms with Crippen LogP contribution in [0.15, 0.2) is 72.8 Å². The van der Waals surface area contributed by atoms with Crippen molar-refractivity contribution < 1.29 is 13.9 Å². The topological polar surface area (TPSA) is 38.3 Å². The standard InChI is InChI=1S/C22H20FNO2/c1-16-11-12-19(23)20(13-16)24-22(25)15-26-21-10-6-5-9-18(21)14-17-7-3-2-4-8-17/h2-13H,14-15H2,1H3,(H,24,25). The smallest absolute Gasteiger partial charge is 0.262 e. The van der Waals surface area contributed by atoms with Gasteiger partial charge in [0.15, 0.2) is 6.61 Å². The summed E-state index contributed by atoms with van der Waals surface area (Å²) in [7, 11) is 0. The molecule has 3 rings (SSSR count). The Morgan fingerprint density at radius 1 is 1.00 bits per heavy atom. The van der Waals surface area contributed by atoms with Crippen LogP contribution in [0.25, 0.3) is 0 Å². The van der Waals surface area contributed by atoms with E-state index in [2.05, 4.69) is 5.32 Å². The van der Waals surface area contributed by atoms with Crippen molar-refractivity contribution in [2.45, 2.75) is 13.3 Å². The zero-order valence-corrected chi connectivity index (χ0v) is 14.5. The number of carbonyl (C=O) groups is 1. The monoisotopic (exact) mass is 349 g/mol. The van der Waals surface area contributed by atoms with Gasteiger partial charge in [-0.05, 0) is 41.8 Å². The number of hydrogen-bond donors (Lipinski definition) is 1. The van der Waals surface area contributed by atoms with Crippen molar-refractivity contribution in [3.8, 4) is 5.75 Å². The SMILES string of the molecule is Cc1ccc(F)c(NC(=O)COc2ccccc2Cc2ccccc2)c1. The van der Waals surface area contributed by atoms with Gasteiger partial charge in [-0.25, -0.2) is 4.39 Å². The van der Waals surface area contributed by atoms with Crippen LogP contribution in [-0.4, -0.2) is 12.5 Å². The number of ether oxygens (including phenoxy) is 1. The Kier molecular flexibility index (Phi) is 5.64. The summed E-state index contributed by atoms with van der Waals surface area (Å²) in [4.78, 5) is 12.1. The second-order valence-corrected chi connectivity index (χ2v) is 6.09. The zero-order chi connectivity index (χ0) is 18.4. The molecule has 0 spiro atoms. The van der Waals surface area contributed by atoms with Crippen molar-refractivity contribution in [2.75, 3.05) is 11.9 Å². The number of para-hydroxylation sites is 1. The van der Waals surface area contributed by atoms with Crippen LogP contribution < -0.4 is 10.1 Å². The number of aryl methyl sites for hydroxylation is 1. The molecular formula is C22H20FNO2. The maximum absolute atomic E-state index is 13.7. The molecule has 0 aliphatic carbocycles.